The summed E-state index contributed by atoms with van der Waals surface area (Å²) in [5, 5.41) is 6.79. The fraction of sp³-hybridized carbons (Fsp3) is 0.211. The van der Waals surface area contributed by atoms with Gasteiger partial charge in [-0.3, -0.25) is 4.79 Å². The Bertz CT molecular complexity index is 979. The molecule has 0 aliphatic heterocycles. The number of aromatic amines is 1. The maximum atomic E-state index is 12.0. The van der Waals surface area contributed by atoms with Crippen molar-refractivity contribution in [1.82, 2.24) is 9.97 Å². The van der Waals surface area contributed by atoms with Gasteiger partial charge in [0.05, 0.1) is 36.8 Å². The van der Waals surface area contributed by atoms with Crippen LogP contribution in [0.4, 0.5) is 17.1 Å². The number of pyridine rings is 1. The van der Waals surface area contributed by atoms with Gasteiger partial charge in [0.25, 0.3) is 0 Å². The highest BCUT2D eigenvalue weighted by Crippen LogP contribution is 2.31. The minimum atomic E-state index is -0.438. The van der Waals surface area contributed by atoms with Gasteiger partial charge in [-0.1, -0.05) is 0 Å². The quantitative estimate of drug-likeness (QED) is 0.576. The number of anilines is 3. The molecule has 0 saturated heterocycles. The molecule has 3 aromatic rings. The van der Waals surface area contributed by atoms with Crippen LogP contribution in [-0.4, -0.2) is 35.6 Å². The molecule has 2 aromatic heterocycles. The van der Waals surface area contributed by atoms with Crippen LogP contribution in [0.3, 0.4) is 0 Å². The van der Waals surface area contributed by atoms with Crippen LogP contribution in [0.5, 0.6) is 5.88 Å². The molecule has 2 heterocycles. The Morgan fingerprint density at radius 1 is 1.19 bits per heavy atom. The average molecular weight is 368 g/mol. The molecular formula is C19H20N4O4. The van der Waals surface area contributed by atoms with Crippen LogP contribution in [0.25, 0.3) is 10.9 Å². The Morgan fingerprint density at radius 3 is 2.63 bits per heavy atom. The molecule has 8 nitrogen and oxygen atoms in total. The second-order valence-electron chi connectivity index (χ2n) is 5.78. The molecular weight excluding hydrogens is 348 g/mol. The van der Waals surface area contributed by atoms with Gasteiger partial charge in [-0.2, -0.15) is 0 Å². The summed E-state index contributed by atoms with van der Waals surface area (Å²) >= 11 is 0. The highest BCUT2D eigenvalue weighted by atomic mass is 16.5. The first-order valence-electron chi connectivity index (χ1n) is 8.38. The first-order chi connectivity index (χ1) is 13.0. The number of rotatable bonds is 6. The Hall–Kier alpha value is -3.55. The molecule has 3 rings (SSSR count). The number of aromatic nitrogens is 2. The Kier molecular flexibility index (Phi) is 5.25. The predicted molar refractivity (Wildman–Crippen MR) is 103 cm³/mol. The molecule has 8 heteroatoms. The smallest absolute Gasteiger partial charge is 0.354 e. The Balaban J connectivity index is 2.03. The summed E-state index contributed by atoms with van der Waals surface area (Å²) in [5.74, 6) is -0.126. The number of nitrogens with zero attached hydrogens (tertiary/aromatic N) is 1. The molecule has 0 aliphatic carbocycles. The van der Waals surface area contributed by atoms with Crippen LogP contribution >= 0.6 is 0 Å². The second-order valence-corrected chi connectivity index (χ2v) is 5.78. The average Bonchev–Trinajstić information content (AvgIpc) is 3.06. The third-order valence-corrected chi connectivity index (χ3v) is 3.78. The standard InChI is InChI=1S/C19H20N4O4/c1-4-27-19(25)17-9-14-15(22-12-5-6-18(26-3)20-10-12)7-13(21-11(2)24)8-16(14)23-17/h5-10,22-23H,4H2,1-3H3,(H,21,24). The molecule has 0 atom stereocenters. The Morgan fingerprint density at radius 2 is 2.00 bits per heavy atom. The Labute approximate surface area is 155 Å². The lowest BCUT2D eigenvalue weighted by Gasteiger charge is -2.11. The SMILES string of the molecule is CCOC(=O)c1cc2c(Nc3ccc(OC)nc3)cc(NC(C)=O)cc2[nH]1. The highest BCUT2D eigenvalue weighted by Gasteiger charge is 2.14. The van der Waals surface area contributed by atoms with Crippen LogP contribution in [0, 0.1) is 0 Å². The van der Waals surface area contributed by atoms with Crippen LogP contribution in [0.15, 0.2) is 36.5 Å². The van der Waals surface area contributed by atoms with Crippen molar-refractivity contribution in [2.24, 2.45) is 0 Å². The summed E-state index contributed by atoms with van der Waals surface area (Å²) < 4.78 is 10.1. The van der Waals surface area contributed by atoms with Gasteiger partial charge in [0.2, 0.25) is 11.8 Å². The maximum absolute atomic E-state index is 12.0. The normalized spacial score (nSPS) is 10.5. The van der Waals surface area contributed by atoms with Gasteiger partial charge >= 0.3 is 5.97 Å². The molecule has 0 radical (unpaired) electrons. The molecule has 1 aromatic carbocycles. The molecule has 0 unspecified atom stereocenters. The number of H-pyrrole nitrogens is 1. The molecule has 3 N–H and O–H groups in total. The van der Waals surface area contributed by atoms with Crippen molar-refractivity contribution in [2.75, 3.05) is 24.4 Å². The van der Waals surface area contributed by atoms with Crippen molar-refractivity contribution >= 4 is 39.8 Å². The number of carbonyl (C=O) groups excluding carboxylic acids is 2. The van der Waals surface area contributed by atoms with E-state index in [0.717, 1.165) is 11.1 Å². The number of methoxy groups -OCH3 is 1. The molecule has 0 saturated carbocycles. The number of benzene rings is 1. The number of amides is 1. The zero-order valence-corrected chi connectivity index (χ0v) is 15.3. The van der Waals surface area contributed by atoms with E-state index in [-0.39, 0.29) is 12.5 Å². The van der Waals surface area contributed by atoms with Crippen molar-refractivity contribution in [3.8, 4) is 5.88 Å². The summed E-state index contributed by atoms with van der Waals surface area (Å²) in [6, 6.07) is 8.82. The number of hydrogen-bond donors (Lipinski definition) is 3. The number of esters is 1. The minimum absolute atomic E-state index is 0.191. The van der Waals surface area contributed by atoms with E-state index in [0.29, 0.717) is 28.5 Å². The maximum Gasteiger partial charge on any atom is 0.354 e. The van der Waals surface area contributed by atoms with Crippen molar-refractivity contribution in [1.29, 1.82) is 0 Å². The third kappa shape index (κ3) is 4.17. The lowest BCUT2D eigenvalue weighted by Crippen LogP contribution is -2.06. The highest BCUT2D eigenvalue weighted by molar-refractivity contribution is 6.03. The van der Waals surface area contributed by atoms with Crippen LogP contribution < -0.4 is 15.4 Å². The molecule has 27 heavy (non-hydrogen) atoms. The fourth-order valence-corrected chi connectivity index (χ4v) is 2.67. The van der Waals surface area contributed by atoms with E-state index in [1.54, 1.807) is 44.5 Å². The first kappa shape index (κ1) is 18.2. The van der Waals surface area contributed by atoms with E-state index in [1.807, 2.05) is 6.07 Å². The van der Waals surface area contributed by atoms with Crippen molar-refractivity contribution < 1.29 is 19.1 Å². The van der Waals surface area contributed by atoms with Crippen LogP contribution in [0.1, 0.15) is 24.3 Å². The fourth-order valence-electron chi connectivity index (χ4n) is 2.67. The minimum Gasteiger partial charge on any atom is -0.481 e. The predicted octanol–water partition coefficient (Wildman–Crippen LogP) is 3.45. The monoisotopic (exact) mass is 368 g/mol. The largest absolute Gasteiger partial charge is 0.481 e. The number of ether oxygens (including phenoxy) is 2. The third-order valence-electron chi connectivity index (χ3n) is 3.78. The van der Waals surface area contributed by atoms with E-state index in [4.69, 9.17) is 9.47 Å². The zero-order valence-electron chi connectivity index (χ0n) is 15.3. The van der Waals surface area contributed by atoms with Gasteiger partial charge in [-0.15, -0.1) is 0 Å². The number of fused-ring (bicyclic) bond motifs is 1. The van der Waals surface area contributed by atoms with Gasteiger partial charge in [0.15, 0.2) is 0 Å². The van der Waals surface area contributed by atoms with E-state index in [2.05, 4.69) is 20.6 Å². The van der Waals surface area contributed by atoms with E-state index < -0.39 is 5.97 Å². The number of carbonyl (C=O) groups is 2. The van der Waals surface area contributed by atoms with E-state index in [9.17, 15) is 9.59 Å². The topological polar surface area (TPSA) is 105 Å². The number of hydrogen-bond acceptors (Lipinski definition) is 6. The van der Waals surface area contributed by atoms with Gasteiger partial charge in [-0.25, -0.2) is 9.78 Å². The van der Waals surface area contributed by atoms with Crippen molar-refractivity contribution in [2.45, 2.75) is 13.8 Å². The van der Waals surface area contributed by atoms with Gasteiger partial charge in [0, 0.05) is 24.1 Å². The van der Waals surface area contributed by atoms with E-state index in [1.165, 1.54) is 6.92 Å². The van der Waals surface area contributed by atoms with Crippen LogP contribution in [0.2, 0.25) is 0 Å². The molecule has 1 amide bonds. The van der Waals surface area contributed by atoms with E-state index >= 15 is 0 Å². The zero-order chi connectivity index (χ0) is 19.4. The van der Waals surface area contributed by atoms with Crippen molar-refractivity contribution in [3.05, 3.63) is 42.2 Å². The lowest BCUT2D eigenvalue weighted by molar-refractivity contribution is -0.114. The van der Waals surface area contributed by atoms with Crippen molar-refractivity contribution in [3.63, 3.8) is 0 Å². The summed E-state index contributed by atoms with van der Waals surface area (Å²) in [4.78, 5) is 30.7. The summed E-state index contributed by atoms with van der Waals surface area (Å²) in [7, 11) is 1.55. The first-order valence-corrected chi connectivity index (χ1v) is 8.38. The van der Waals surface area contributed by atoms with Gasteiger partial charge in [-0.05, 0) is 31.2 Å². The summed E-state index contributed by atoms with van der Waals surface area (Å²) in [5.41, 5.74) is 3.05. The second kappa shape index (κ2) is 7.77. The molecule has 140 valence electrons. The van der Waals surface area contributed by atoms with Gasteiger partial charge < -0.3 is 25.1 Å². The molecule has 0 spiro atoms. The molecule has 0 bridgehead atoms. The van der Waals surface area contributed by atoms with Gasteiger partial charge in [0.1, 0.15) is 5.69 Å². The number of nitrogens with one attached hydrogen (secondary N) is 3. The summed E-state index contributed by atoms with van der Waals surface area (Å²) in [6.07, 6.45) is 1.63. The lowest BCUT2D eigenvalue weighted by atomic mass is 10.1. The molecule has 0 aliphatic rings. The van der Waals surface area contributed by atoms with Crippen LogP contribution in [-0.2, 0) is 9.53 Å². The molecule has 0 fully saturated rings. The summed E-state index contributed by atoms with van der Waals surface area (Å²) in [6.45, 7) is 3.47.